The van der Waals surface area contributed by atoms with Crippen molar-refractivity contribution in [1.82, 2.24) is 5.32 Å². The smallest absolute Gasteiger partial charge is 0.268 e. The lowest BCUT2D eigenvalue weighted by atomic mass is 10.0. The van der Waals surface area contributed by atoms with Crippen LogP contribution in [0.25, 0.3) is 0 Å². The molecule has 0 aromatic heterocycles. The molecule has 1 amide bonds. The summed E-state index contributed by atoms with van der Waals surface area (Å²) in [5.41, 5.74) is 0. The molecule has 0 aromatic carbocycles. The summed E-state index contributed by atoms with van der Waals surface area (Å²) in [6, 6.07) is -0.790. The van der Waals surface area contributed by atoms with Crippen molar-refractivity contribution in [3.63, 3.8) is 0 Å². The minimum absolute atomic E-state index is 0.0154. The van der Waals surface area contributed by atoms with E-state index in [2.05, 4.69) is 19.2 Å². The van der Waals surface area contributed by atoms with Gasteiger partial charge in [0.25, 0.3) is 7.82 Å². The summed E-state index contributed by atoms with van der Waals surface area (Å²) in [6.45, 7) is 4.69. The van der Waals surface area contributed by atoms with Crippen LogP contribution >= 0.6 is 7.82 Å². The number of phosphoric ester groups is 1. The Morgan fingerprint density at radius 3 is 1.51 bits per heavy atom. The maximum atomic E-state index is 12.7. The lowest BCUT2D eigenvalue weighted by molar-refractivity contribution is -0.870. The van der Waals surface area contributed by atoms with Crippen LogP contribution in [0.4, 0.5) is 0 Å². The predicted molar refractivity (Wildman–Crippen MR) is 187 cm³/mol. The van der Waals surface area contributed by atoms with E-state index in [4.69, 9.17) is 9.05 Å². The lowest BCUT2D eigenvalue weighted by Crippen LogP contribution is -2.46. The summed E-state index contributed by atoms with van der Waals surface area (Å²) in [5.74, 6) is -0.167. The number of quaternary nitrogens is 1. The molecule has 8 nitrogen and oxygen atoms in total. The zero-order chi connectivity index (χ0) is 33.7. The van der Waals surface area contributed by atoms with Crippen molar-refractivity contribution in [2.24, 2.45) is 0 Å². The molecule has 0 aliphatic rings. The lowest BCUT2D eigenvalue weighted by Gasteiger charge is -2.30. The Hall–Kier alpha value is -0.500. The van der Waals surface area contributed by atoms with Gasteiger partial charge in [-0.05, 0) is 12.8 Å². The van der Waals surface area contributed by atoms with E-state index >= 15 is 0 Å². The zero-order valence-electron chi connectivity index (χ0n) is 30.3. The Morgan fingerprint density at radius 1 is 0.689 bits per heavy atom. The molecule has 0 radical (unpaired) electrons. The van der Waals surface area contributed by atoms with Crippen LogP contribution in [0.5, 0.6) is 0 Å². The molecule has 270 valence electrons. The predicted octanol–water partition coefficient (Wildman–Crippen LogP) is 8.83. The molecule has 3 atom stereocenters. The van der Waals surface area contributed by atoms with Gasteiger partial charge in [-0.2, -0.15) is 0 Å². The number of carbonyl (C=O) groups excluding carboxylic acids is 1. The van der Waals surface area contributed by atoms with Crippen LogP contribution in [0.1, 0.15) is 174 Å². The summed E-state index contributed by atoms with van der Waals surface area (Å²) in [6.07, 6.45) is 28.1. The zero-order valence-corrected chi connectivity index (χ0v) is 31.2. The van der Waals surface area contributed by atoms with Gasteiger partial charge in [0.05, 0.1) is 39.9 Å². The first-order valence-corrected chi connectivity index (χ1v) is 20.3. The summed E-state index contributed by atoms with van der Waals surface area (Å²) in [4.78, 5) is 25.1. The molecule has 0 saturated heterocycles. The average molecular weight is 663 g/mol. The molecular weight excluding hydrogens is 587 g/mol. The molecular formula is C36H75N2O6P. The third-order valence-electron chi connectivity index (χ3n) is 8.60. The molecule has 0 aliphatic carbocycles. The second-order valence-electron chi connectivity index (χ2n) is 14.3. The summed E-state index contributed by atoms with van der Waals surface area (Å²) >= 11 is 0. The van der Waals surface area contributed by atoms with Crippen LogP contribution < -0.4 is 10.2 Å². The highest BCUT2D eigenvalue weighted by atomic mass is 31.2. The number of amides is 1. The number of nitrogens with one attached hydrogen (secondary N) is 1. The third-order valence-corrected chi connectivity index (χ3v) is 9.56. The Morgan fingerprint density at radius 2 is 1.09 bits per heavy atom. The molecule has 0 heterocycles. The number of nitrogens with zero attached hydrogens (tertiary/aromatic N) is 1. The molecule has 0 bridgehead atoms. The third kappa shape index (κ3) is 31.8. The monoisotopic (exact) mass is 663 g/mol. The molecule has 45 heavy (non-hydrogen) atoms. The van der Waals surface area contributed by atoms with E-state index < -0.39 is 20.0 Å². The summed E-state index contributed by atoms with van der Waals surface area (Å²) in [7, 11) is 1.31. The van der Waals surface area contributed by atoms with Crippen molar-refractivity contribution in [3.05, 3.63) is 0 Å². The fourth-order valence-electron chi connectivity index (χ4n) is 5.51. The van der Waals surface area contributed by atoms with Crippen molar-refractivity contribution in [2.75, 3.05) is 40.9 Å². The second kappa shape index (κ2) is 29.6. The minimum atomic E-state index is -4.54. The number of hydrogen-bond acceptors (Lipinski definition) is 6. The molecule has 0 fully saturated rings. The van der Waals surface area contributed by atoms with Gasteiger partial charge in [-0.3, -0.25) is 9.36 Å². The van der Waals surface area contributed by atoms with Crippen LogP contribution in [0, 0.1) is 0 Å². The van der Waals surface area contributed by atoms with Crippen molar-refractivity contribution in [2.45, 2.75) is 187 Å². The molecule has 0 spiro atoms. The van der Waals surface area contributed by atoms with Gasteiger partial charge < -0.3 is 28.8 Å². The van der Waals surface area contributed by atoms with E-state index in [0.29, 0.717) is 23.9 Å². The van der Waals surface area contributed by atoms with E-state index in [1.54, 1.807) is 0 Å². The maximum absolute atomic E-state index is 12.7. The second-order valence-corrected chi connectivity index (χ2v) is 15.7. The topological polar surface area (TPSA) is 108 Å². The quantitative estimate of drug-likeness (QED) is 0.0405. The van der Waals surface area contributed by atoms with Crippen LogP contribution in [-0.2, 0) is 18.4 Å². The van der Waals surface area contributed by atoms with Crippen LogP contribution in [0.2, 0.25) is 0 Å². The fourth-order valence-corrected chi connectivity index (χ4v) is 6.23. The number of aliphatic hydroxyl groups is 1. The number of carbonyl (C=O) groups is 1. The number of likely N-dealkylation sites (N-methyl/N-ethyl adjacent to an activating group) is 1. The van der Waals surface area contributed by atoms with Crippen LogP contribution in [0.3, 0.4) is 0 Å². The van der Waals surface area contributed by atoms with Crippen molar-refractivity contribution < 1.29 is 32.9 Å². The van der Waals surface area contributed by atoms with Crippen molar-refractivity contribution >= 4 is 13.7 Å². The van der Waals surface area contributed by atoms with Gasteiger partial charge in [-0.1, -0.05) is 155 Å². The summed E-state index contributed by atoms with van der Waals surface area (Å²) in [5, 5.41) is 13.8. The normalized spacial score (nSPS) is 14.7. The minimum Gasteiger partial charge on any atom is -0.756 e. The van der Waals surface area contributed by atoms with Gasteiger partial charge in [0.2, 0.25) is 5.91 Å². The largest absolute Gasteiger partial charge is 0.756 e. The Bertz CT molecular complexity index is 718. The number of hydrogen-bond donors (Lipinski definition) is 2. The van der Waals surface area contributed by atoms with Gasteiger partial charge in [-0.25, -0.2) is 0 Å². The van der Waals surface area contributed by atoms with Gasteiger partial charge in [-0.15, -0.1) is 0 Å². The van der Waals surface area contributed by atoms with Crippen molar-refractivity contribution in [3.8, 4) is 0 Å². The van der Waals surface area contributed by atoms with E-state index in [-0.39, 0.29) is 19.1 Å². The number of unbranched alkanes of at least 4 members (excludes halogenated alkanes) is 21. The first-order valence-electron chi connectivity index (χ1n) is 18.9. The van der Waals surface area contributed by atoms with E-state index in [0.717, 1.165) is 38.5 Å². The molecule has 9 heteroatoms. The Balaban J connectivity index is 4.47. The molecule has 0 aliphatic heterocycles. The van der Waals surface area contributed by atoms with Gasteiger partial charge in [0, 0.05) is 6.42 Å². The molecule has 2 N–H and O–H groups in total. The maximum Gasteiger partial charge on any atom is 0.268 e. The first kappa shape index (κ1) is 44.5. The number of rotatable bonds is 34. The van der Waals surface area contributed by atoms with E-state index in [1.165, 1.54) is 109 Å². The molecule has 3 unspecified atom stereocenters. The number of phosphoric acid groups is 1. The molecule has 0 rings (SSSR count). The fraction of sp³-hybridized carbons (Fsp3) is 0.972. The van der Waals surface area contributed by atoms with Gasteiger partial charge in [0.1, 0.15) is 13.2 Å². The Kier molecular flexibility index (Phi) is 29.3. The highest BCUT2D eigenvalue weighted by Gasteiger charge is 2.24. The highest BCUT2D eigenvalue weighted by Crippen LogP contribution is 2.38. The standard InChI is InChI=1S/C36H75N2O6P/c1-6-8-10-12-14-16-18-20-21-23-25-27-29-35(39)34(33-44-45(41,42)43-32-31-38(3,4)5)37-36(40)30-28-26-24-22-19-17-15-13-11-9-7-2/h34-35,39H,6-33H2,1-5H3,(H-,37,40,41,42). The van der Waals surface area contributed by atoms with Gasteiger partial charge >= 0.3 is 0 Å². The molecule has 0 saturated carbocycles. The SMILES string of the molecule is CCCCCCCCCCCCCCC(O)C(COP(=O)([O-])OCC[N+](C)(C)C)NC(=O)CCCCCCCCCCCCC. The first-order chi connectivity index (χ1) is 21.5. The van der Waals surface area contributed by atoms with E-state index in [9.17, 15) is 19.4 Å². The van der Waals surface area contributed by atoms with Gasteiger partial charge in [0.15, 0.2) is 0 Å². The van der Waals surface area contributed by atoms with E-state index in [1.807, 2.05) is 21.1 Å². The highest BCUT2D eigenvalue weighted by molar-refractivity contribution is 7.45. The average Bonchev–Trinajstić information content (AvgIpc) is 2.97. The molecule has 0 aromatic rings. The summed E-state index contributed by atoms with van der Waals surface area (Å²) < 4.78 is 23.1. The number of aliphatic hydroxyl groups excluding tert-OH is 1. The Labute approximate surface area is 279 Å². The van der Waals surface area contributed by atoms with Crippen LogP contribution in [0.15, 0.2) is 0 Å². The van der Waals surface area contributed by atoms with Crippen LogP contribution in [-0.4, -0.2) is 68.5 Å². The van der Waals surface area contributed by atoms with Crippen molar-refractivity contribution in [1.29, 1.82) is 0 Å².